The number of aliphatic hydroxyl groups is 1. The van der Waals surface area contributed by atoms with E-state index in [0.717, 1.165) is 5.56 Å². The molecule has 4 nitrogen and oxygen atoms in total. The third-order valence-corrected chi connectivity index (χ3v) is 4.43. The van der Waals surface area contributed by atoms with Crippen molar-refractivity contribution in [3.8, 4) is 0 Å². The van der Waals surface area contributed by atoms with Gasteiger partial charge in [-0.3, -0.25) is 4.79 Å². The van der Waals surface area contributed by atoms with Gasteiger partial charge in [-0.1, -0.05) is 29.8 Å². The molecular formula is C13H16ClNO3S. The van der Waals surface area contributed by atoms with E-state index in [4.69, 9.17) is 21.4 Å². The van der Waals surface area contributed by atoms with Gasteiger partial charge < -0.3 is 14.7 Å². The number of aliphatic hydroxyl groups excluding tert-OH is 1. The molecule has 1 N–H and O–H groups in total. The highest BCUT2D eigenvalue weighted by Gasteiger charge is 2.33. The average molecular weight is 302 g/mol. The van der Waals surface area contributed by atoms with E-state index < -0.39 is 0 Å². The molecule has 0 spiro atoms. The Hall–Kier alpha value is -0.750. The van der Waals surface area contributed by atoms with Crippen molar-refractivity contribution in [1.82, 2.24) is 4.90 Å². The van der Waals surface area contributed by atoms with Crippen LogP contribution in [0, 0.1) is 0 Å². The molecule has 1 unspecified atom stereocenters. The van der Waals surface area contributed by atoms with Crippen LogP contribution in [0.5, 0.6) is 0 Å². The molecule has 1 amide bonds. The summed E-state index contributed by atoms with van der Waals surface area (Å²) in [6.07, 6.45) is 0. The van der Waals surface area contributed by atoms with Crippen LogP contribution in [0.3, 0.4) is 0 Å². The fraction of sp³-hybridized carbons (Fsp3) is 0.462. The Labute approximate surface area is 121 Å². The molecule has 0 bridgehead atoms. The third-order valence-electron chi connectivity index (χ3n) is 2.85. The molecule has 1 fully saturated rings. The van der Waals surface area contributed by atoms with Crippen LogP contribution in [0.4, 0.5) is 0 Å². The van der Waals surface area contributed by atoms with Crippen LogP contribution < -0.4 is 0 Å². The molecule has 19 heavy (non-hydrogen) atoms. The maximum Gasteiger partial charge on any atom is 0.233 e. The fourth-order valence-electron chi connectivity index (χ4n) is 1.96. The Balaban J connectivity index is 2.03. The molecule has 1 atom stereocenters. The van der Waals surface area contributed by atoms with E-state index in [9.17, 15) is 4.79 Å². The largest absolute Gasteiger partial charge is 0.394 e. The van der Waals surface area contributed by atoms with E-state index in [0.29, 0.717) is 30.5 Å². The van der Waals surface area contributed by atoms with Crippen molar-refractivity contribution in [3.05, 3.63) is 34.9 Å². The van der Waals surface area contributed by atoms with Crippen molar-refractivity contribution in [3.63, 3.8) is 0 Å². The third kappa shape index (κ3) is 3.63. The standard InChI is InChI=1S/C13H16ClNO3S/c14-11-4-2-1-3-10(11)13-15(12(17)9-19-13)5-7-18-8-6-16/h1-4,13,16H,5-9H2. The van der Waals surface area contributed by atoms with Crippen molar-refractivity contribution in [1.29, 1.82) is 0 Å². The summed E-state index contributed by atoms with van der Waals surface area (Å²) >= 11 is 7.76. The number of carbonyl (C=O) groups excluding carboxylic acids is 1. The number of ether oxygens (including phenoxy) is 1. The predicted molar refractivity (Wildman–Crippen MR) is 76.3 cm³/mol. The van der Waals surface area contributed by atoms with Gasteiger partial charge in [-0.15, -0.1) is 11.8 Å². The minimum Gasteiger partial charge on any atom is -0.394 e. The SMILES string of the molecule is O=C1CSC(c2ccccc2Cl)N1CCOCCO. The Morgan fingerprint density at radius 1 is 1.42 bits per heavy atom. The van der Waals surface area contributed by atoms with Gasteiger partial charge in [0.1, 0.15) is 5.37 Å². The quantitative estimate of drug-likeness (QED) is 0.816. The summed E-state index contributed by atoms with van der Waals surface area (Å²) in [6.45, 7) is 1.23. The summed E-state index contributed by atoms with van der Waals surface area (Å²) in [6, 6.07) is 7.58. The topological polar surface area (TPSA) is 49.8 Å². The molecule has 1 heterocycles. The Bertz CT molecular complexity index is 444. The van der Waals surface area contributed by atoms with Crippen molar-refractivity contribution in [2.75, 3.05) is 32.1 Å². The summed E-state index contributed by atoms with van der Waals surface area (Å²) in [5, 5.41) is 9.28. The molecule has 0 aromatic heterocycles. The van der Waals surface area contributed by atoms with Gasteiger partial charge in [0.2, 0.25) is 5.91 Å². The number of benzene rings is 1. The number of hydrogen-bond acceptors (Lipinski definition) is 4. The Morgan fingerprint density at radius 2 is 2.21 bits per heavy atom. The average Bonchev–Trinajstić information content (AvgIpc) is 2.77. The van der Waals surface area contributed by atoms with Crippen LogP contribution in [0.2, 0.25) is 5.02 Å². The normalized spacial score (nSPS) is 19.2. The number of thioether (sulfide) groups is 1. The van der Waals surface area contributed by atoms with Crippen molar-refractivity contribution in [2.24, 2.45) is 0 Å². The molecule has 1 aliphatic heterocycles. The molecule has 6 heteroatoms. The lowest BCUT2D eigenvalue weighted by Crippen LogP contribution is -2.31. The highest BCUT2D eigenvalue weighted by molar-refractivity contribution is 8.00. The minimum absolute atomic E-state index is 0.00333. The molecule has 104 valence electrons. The van der Waals surface area contributed by atoms with Gasteiger partial charge >= 0.3 is 0 Å². The number of halogens is 1. The summed E-state index contributed by atoms with van der Waals surface area (Å²) in [5.41, 5.74) is 0.960. The Morgan fingerprint density at radius 3 is 2.95 bits per heavy atom. The monoisotopic (exact) mass is 301 g/mol. The predicted octanol–water partition coefficient (Wildman–Crippen LogP) is 1.92. The lowest BCUT2D eigenvalue weighted by molar-refractivity contribution is -0.128. The summed E-state index contributed by atoms with van der Waals surface area (Å²) in [5.74, 6) is 0.568. The van der Waals surface area contributed by atoms with Gasteiger partial charge in [-0.25, -0.2) is 0 Å². The zero-order valence-electron chi connectivity index (χ0n) is 10.4. The lowest BCUT2D eigenvalue weighted by Gasteiger charge is -2.24. The number of amides is 1. The first-order valence-corrected chi connectivity index (χ1v) is 7.51. The van der Waals surface area contributed by atoms with Crippen molar-refractivity contribution in [2.45, 2.75) is 5.37 Å². The van der Waals surface area contributed by atoms with Crippen LogP contribution >= 0.6 is 23.4 Å². The molecule has 1 aromatic rings. The van der Waals surface area contributed by atoms with Crippen molar-refractivity contribution < 1.29 is 14.6 Å². The van der Waals surface area contributed by atoms with E-state index in [1.54, 1.807) is 16.7 Å². The smallest absolute Gasteiger partial charge is 0.233 e. The second-order valence-electron chi connectivity index (χ2n) is 4.11. The molecule has 1 aliphatic rings. The maximum atomic E-state index is 11.9. The first-order chi connectivity index (χ1) is 9.24. The van der Waals surface area contributed by atoms with E-state index in [1.807, 2.05) is 24.3 Å². The highest BCUT2D eigenvalue weighted by Crippen LogP contribution is 2.40. The van der Waals surface area contributed by atoms with Gasteiger partial charge in [0.15, 0.2) is 0 Å². The van der Waals surface area contributed by atoms with Crippen LogP contribution in [0.1, 0.15) is 10.9 Å². The number of hydrogen-bond donors (Lipinski definition) is 1. The molecule has 0 saturated carbocycles. The lowest BCUT2D eigenvalue weighted by atomic mass is 10.2. The van der Waals surface area contributed by atoms with Gasteiger partial charge in [-0.05, 0) is 6.07 Å². The molecule has 1 saturated heterocycles. The fourth-order valence-corrected chi connectivity index (χ4v) is 3.52. The number of rotatable bonds is 6. The van der Waals surface area contributed by atoms with E-state index in [2.05, 4.69) is 0 Å². The number of carbonyl (C=O) groups is 1. The second-order valence-corrected chi connectivity index (χ2v) is 5.58. The van der Waals surface area contributed by atoms with Crippen LogP contribution in [-0.2, 0) is 9.53 Å². The first-order valence-electron chi connectivity index (χ1n) is 6.08. The van der Waals surface area contributed by atoms with Gasteiger partial charge in [0.25, 0.3) is 0 Å². The van der Waals surface area contributed by atoms with E-state index >= 15 is 0 Å². The maximum absolute atomic E-state index is 11.9. The molecule has 0 aliphatic carbocycles. The Kier molecular flexibility index (Phi) is 5.51. The first kappa shape index (κ1) is 14.7. The minimum atomic E-state index is -0.0427. The van der Waals surface area contributed by atoms with Crippen LogP contribution in [-0.4, -0.2) is 48.0 Å². The zero-order valence-corrected chi connectivity index (χ0v) is 12.0. The van der Waals surface area contributed by atoms with Crippen molar-refractivity contribution >= 4 is 29.3 Å². The van der Waals surface area contributed by atoms with E-state index in [1.165, 1.54) is 0 Å². The number of nitrogens with zero attached hydrogens (tertiary/aromatic N) is 1. The summed E-state index contributed by atoms with van der Waals surface area (Å²) in [4.78, 5) is 13.7. The summed E-state index contributed by atoms with van der Waals surface area (Å²) in [7, 11) is 0. The zero-order chi connectivity index (χ0) is 13.7. The van der Waals surface area contributed by atoms with Gasteiger partial charge in [-0.2, -0.15) is 0 Å². The molecular weight excluding hydrogens is 286 g/mol. The van der Waals surface area contributed by atoms with E-state index in [-0.39, 0.29) is 17.9 Å². The summed E-state index contributed by atoms with van der Waals surface area (Å²) < 4.78 is 5.22. The highest BCUT2D eigenvalue weighted by atomic mass is 35.5. The second kappa shape index (κ2) is 7.14. The molecule has 1 aromatic carbocycles. The molecule has 2 rings (SSSR count). The van der Waals surface area contributed by atoms with Gasteiger partial charge in [0.05, 0.1) is 25.6 Å². The molecule has 0 radical (unpaired) electrons. The van der Waals surface area contributed by atoms with Gasteiger partial charge in [0, 0.05) is 17.1 Å². The van der Waals surface area contributed by atoms with Crippen LogP contribution in [0.25, 0.3) is 0 Å². The van der Waals surface area contributed by atoms with Crippen LogP contribution in [0.15, 0.2) is 24.3 Å².